The predicted molar refractivity (Wildman–Crippen MR) is 54.5 cm³/mol. The Balaban J connectivity index is 1.92. The largest absolute Gasteiger partial charge is 0.351 e. The average Bonchev–Trinajstić information content (AvgIpc) is 2.71. The third kappa shape index (κ3) is 1.94. The summed E-state index contributed by atoms with van der Waals surface area (Å²) in [6.07, 6.45) is 9.56. The fourth-order valence-electron chi connectivity index (χ4n) is 2.27. The van der Waals surface area contributed by atoms with Gasteiger partial charge < -0.3 is 10.3 Å². The van der Waals surface area contributed by atoms with E-state index in [-0.39, 0.29) is 0 Å². The van der Waals surface area contributed by atoms with E-state index in [9.17, 15) is 0 Å². The summed E-state index contributed by atoms with van der Waals surface area (Å²) in [7, 11) is 0. The maximum atomic E-state index is 5.66. The highest BCUT2D eigenvalue weighted by Crippen LogP contribution is 2.31. The zero-order chi connectivity index (χ0) is 9.10. The van der Waals surface area contributed by atoms with Crippen molar-refractivity contribution in [3.05, 3.63) is 24.5 Å². The van der Waals surface area contributed by atoms with Crippen LogP contribution in [0.15, 0.2) is 24.5 Å². The van der Waals surface area contributed by atoms with E-state index < -0.39 is 0 Å². The van der Waals surface area contributed by atoms with Gasteiger partial charge in [0, 0.05) is 18.4 Å². The molecule has 1 aromatic heterocycles. The zero-order valence-corrected chi connectivity index (χ0v) is 8.02. The maximum absolute atomic E-state index is 5.66. The summed E-state index contributed by atoms with van der Waals surface area (Å²) in [4.78, 5) is 0. The van der Waals surface area contributed by atoms with E-state index in [1.165, 1.54) is 25.7 Å². The molecule has 2 nitrogen and oxygen atoms in total. The first kappa shape index (κ1) is 8.82. The first-order chi connectivity index (χ1) is 6.40. The van der Waals surface area contributed by atoms with Gasteiger partial charge in [-0.1, -0.05) is 0 Å². The molecule has 13 heavy (non-hydrogen) atoms. The minimum absolute atomic E-state index is 0.734. The van der Waals surface area contributed by atoms with Crippen molar-refractivity contribution in [1.82, 2.24) is 4.57 Å². The molecule has 1 aliphatic rings. The number of aromatic nitrogens is 1. The van der Waals surface area contributed by atoms with Crippen molar-refractivity contribution in [2.24, 2.45) is 11.7 Å². The maximum Gasteiger partial charge on any atom is 0.0330 e. The minimum Gasteiger partial charge on any atom is -0.351 e. The summed E-state index contributed by atoms with van der Waals surface area (Å²) < 4.78 is 2.34. The molecule has 1 fully saturated rings. The van der Waals surface area contributed by atoms with Gasteiger partial charge >= 0.3 is 0 Å². The van der Waals surface area contributed by atoms with E-state index >= 15 is 0 Å². The summed E-state index contributed by atoms with van der Waals surface area (Å²) in [5.41, 5.74) is 5.66. The molecule has 0 radical (unpaired) electrons. The van der Waals surface area contributed by atoms with Crippen LogP contribution in [-0.2, 0) is 0 Å². The smallest absolute Gasteiger partial charge is 0.0330 e. The lowest BCUT2D eigenvalue weighted by Crippen LogP contribution is -2.22. The van der Waals surface area contributed by atoms with E-state index in [1.54, 1.807) is 0 Å². The van der Waals surface area contributed by atoms with Crippen LogP contribution in [0, 0.1) is 5.92 Å². The standard InChI is InChI=1S/C11H18N2/c12-9-10-3-5-11(6-4-10)13-7-1-2-8-13/h1-2,7-8,10-11H,3-6,9,12H2. The molecule has 2 rings (SSSR count). The van der Waals surface area contributed by atoms with Gasteiger partial charge in [0.05, 0.1) is 0 Å². The van der Waals surface area contributed by atoms with Crippen LogP contribution in [0.4, 0.5) is 0 Å². The van der Waals surface area contributed by atoms with E-state index in [0.29, 0.717) is 0 Å². The Bertz CT molecular complexity index is 233. The molecular weight excluding hydrogens is 160 g/mol. The first-order valence-corrected chi connectivity index (χ1v) is 5.22. The van der Waals surface area contributed by atoms with Gasteiger partial charge in [-0.25, -0.2) is 0 Å². The fraction of sp³-hybridized carbons (Fsp3) is 0.636. The zero-order valence-electron chi connectivity index (χ0n) is 8.02. The highest BCUT2D eigenvalue weighted by atomic mass is 15.0. The van der Waals surface area contributed by atoms with Gasteiger partial charge in [-0.2, -0.15) is 0 Å². The van der Waals surface area contributed by atoms with Crippen LogP contribution >= 0.6 is 0 Å². The summed E-state index contributed by atoms with van der Waals surface area (Å²) in [6, 6.07) is 4.95. The van der Waals surface area contributed by atoms with E-state index in [4.69, 9.17) is 5.73 Å². The summed E-state index contributed by atoms with van der Waals surface area (Å²) in [5.74, 6) is 0.784. The van der Waals surface area contributed by atoms with Crippen LogP contribution < -0.4 is 5.73 Å². The second-order valence-corrected chi connectivity index (χ2v) is 4.04. The van der Waals surface area contributed by atoms with Crippen LogP contribution in [-0.4, -0.2) is 11.1 Å². The van der Waals surface area contributed by atoms with Crippen molar-refractivity contribution in [2.45, 2.75) is 31.7 Å². The Hall–Kier alpha value is -0.760. The number of rotatable bonds is 2. The monoisotopic (exact) mass is 178 g/mol. The molecule has 0 aliphatic heterocycles. The van der Waals surface area contributed by atoms with Crippen molar-refractivity contribution in [2.75, 3.05) is 6.54 Å². The van der Waals surface area contributed by atoms with Gasteiger partial charge in [0.15, 0.2) is 0 Å². The highest BCUT2D eigenvalue weighted by molar-refractivity contribution is 4.94. The number of nitrogens with two attached hydrogens (primary N) is 1. The lowest BCUT2D eigenvalue weighted by atomic mass is 9.86. The Labute approximate surface area is 79.7 Å². The molecular formula is C11H18N2. The molecule has 0 saturated heterocycles. The fourth-order valence-corrected chi connectivity index (χ4v) is 2.27. The summed E-state index contributed by atoms with van der Waals surface area (Å²) >= 11 is 0. The van der Waals surface area contributed by atoms with Crippen molar-refractivity contribution < 1.29 is 0 Å². The van der Waals surface area contributed by atoms with E-state index in [0.717, 1.165) is 18.5 Å². The Morgan fingerprint density at radius 1 is 1.08 bits per heavy atom. The van der Waals surface area contributed by atoms with Gasteiger partial charge in [-0.15, -0.1) is 0 Å². The average molecular weight is 178 g/mol. The number of hydrogen-bond donors (Lipinski definition) is 1. The van der Waals surface area contributed by atoms with Crippen molar-refractivity contribution in [3.8, 4) is 0 Å². The molecule has 1 aromatic rings. The molecule has 0 amide bonds. The first-order valence-electron chi connectivity index (χ1n) is 5.22. The van der Waals surface area contributed by atoms with Gasteiger partial charge in [-0.05, 0) is 50.3 Å². The quantitative estimate of drug-likeness (QED) is 0.739. The van der Waals surface area contributed by atoms with Crippen molar-refractivity contribution >= 4 is 0 Å². The van der Waals surface area contributed by atoms with Crippen LogP contribution in [0.2, 0.25) is 0 Å². The van der Waals surface area contributed by atoms with Gasteiger partial charge in [-0.3, -0.25) is 0 Å². The second-order valence-electron chi connectivity index (χ2n) is 4.04. The van der Waals surface area contributed by atoms with Crippen LogP contribution in [0.25, 0.3) is 0 Å². The Morgan fingerprint density at radius 3 is 2.23 bits per heavy atom. The molecule has 0 bridgehead atoms. The van der Waals surface area contributed by atoms with E-state index in [2.05, 4.69) is 29.1 Å². The third-order valence-electron chi connectivity index (χ3n) is 3.20. The van der Waals surface area contributed by atoms with Crippen molar-refractivity contribution in [1.29, 1.82) is 0 Å². The topological polar surface area (TPSA) is 30.9 Å². The minimum atomic E-state index is 0.734. The van der Waals surface area contributed by atoms with E-state index in [1.807, 2.05) is 0 Å². The normalized spacial score (nSPS) is 29.0. The summed E-state index contributed by atoms with van der Waals surface area (Å²) in [5, 5.41) is 0. The molecule has 0 aromatic carbocycles. The molecule has 0 spiro atoms. The molecule has 72 valence electrons. The molecule has 1 aliphatic carbocycles. The lowest BCUT2D eigenvalue weighted by molar-refractivity contribution is 0.280. The highest BCUT2D eigenvalue weighted by Gasteiger charge is 2.20. The SMILES string of the molecule is NCC1CCC(n2cccc2)CC1. The van der Waals surface area contributed by atoms with Crippen LogP contribution in [0.3, 0.4) is 0 Å². The number of nitrogens with zero attached hydrogens (tertiary/aromatic N) is 1. The van der Waals surface area contributed by atoms with Gasteiger partial charge in [0.2, 0.25) is 0 Å². The third-order valence-corrected chi connectivity index (χ3v) is 3.20. The number of hydrogen-bond acceptors (Lipinski definition) is 1. The summed E-state index contributed by atoms with van der Waals surface area (Å²) in [6.45, 7) is 0.873. The molecule has 1 saturated carbocycles. The predicted octanol–water partition coefficient (Wildman–Crippen LogP) is 2.18. The molecule has 0 atom stereocenters. The molecule has 2 N–H and O–H groups in total. The molecule has 1 heterocycles. The van der Waals surface area contributed by atoms with Crippen LogP contribution in [0.5, 0.6) is 0 Å². The van der Waals surface area contributed by atoms with Crippen molar-refractivity contribution in [3.63, 3.8) is 0 Å². The van der Waals surface area contributed by atoms with Gasteiger partial charge in [0.1, 0.15) is 0 Å². The molecule has 0 unspecified atom stereocenters. The van der Waals surface area contributed by atoms with Crippen LogP contribution in [0.1, 0.15) is 31.7 Å². The van der Waals surface area contributed by atoms with Gasteiger partial charge in [0.25, 0.3) is 0 Å². The second kappa shape index (κ2) is 3.97. The Kier molecular flexibility index (Phi) is 2.69. The molecule has 2 heteroatoms. The Morgan fingerprint density at radius 2 is 1.69 bits per heavy atom. The lowest BCUT2D eigenvalue weighted by Gasteiger charge is -2.28.